The molecule has 1 atom stereocenters. The van der Waals surface area contributed by atoms with Gasteiger partial charge >= 0.3 is 0 Å². The third-order valence-corrected chi connectivity index (χ3v) is 4.24. The zero-order valence-corrected chi connectivity index (χ0v) is 12.5. The van der Waals surface area contributed by atoms with Gasteiger partial charge in [0, 0.05) is 12.0 Å². The number of amides is 1. The molecule has 2 rings (SSSR count). The van der Waals surface area contributed by atoms with E-state index in [1.807, 2.05) is 31.2 Å². The molecule has 1 N–H and O–H groups in total. The Morgan fingerprint density at radius 1 is 1.35 bits per heavy atom. The van der Waals surface area contributed by atoms with Crippen LogP contribution in [0.25, 0.3) is 0 Å². The number of benzene rings is 1. The fraction of sp³-hybridized carbons (Fsp3) is 0.588. The lowest BCUT2D eigenvalue weighted by Crippen LogP contribution is -2.27. The Morgan fingerprint density at radius 3 is 2.75 bits per heavy atom. The average Bonchev–Trinajstić information content (AvgIpc) is 2.98. The van der Waals surface area contributed by atoms with E-state index in [0.717, 1.165) is 23.7 Å². The van der Waals surface area contributed by atoms with E-state index in [4.69, 9.17) is 4.74 Å². The van der Waals surface area contributed by atoms with Crippen molar-refractivity contribution < 1.29 is 9.53 Å². The lowest BCUT2D eigenvalue weighted by Gasteiger charge is -2.17. The molecular weight excluding hydrogens is 250 g/mol. The van der Waals surface area contributed by atoms with Gasteiger partial charge in [-0.15, -0.1) is 0 Å². The Balaban J connectivity index is 1.83. The summed E-state index contributed by atoms with van der Waals surface area (Å²) < 4.78 is 5.34. The fourth-order valence-electron chi connectivity index (χ4n) is 3.05. The molecular formula is C17H25NO2. The van der Waals surface area contributed by atoms with Crippen molar-refractivity contribution in [2.75, 3.05) is 7.11 Å². The van der Waals surface area contributed by atoms with E-state index in [1.165, 1.54) is 25.7 Å². The Labute approximate surface area is 121 Å². The predicted molar refractivity (Wildman–Crippen MR) is 80.7 cm³/mol. The predicted octanol–water partition coefficient (Wildman–Crippen LogP) is 3.84. The van der Waals surface area contributed by atoms with Gasteiger partial charge in [-0.05, 0) is 25.3 Å². The minimum Gasteiger partial charge on any atom is -0.496 e. The Morgan fingerprint density at radius 2 is 2.05 bits per heavy atom. The first-order valence-corrected chi connectivity index (χ1v) is 7.63. The molecule has 20 heavy (non-hydrogen) atoms. The van der Waals surface area contributed by atoms with Crippen LogP contribution < -0.4 is 10.1 Å². The summed E-state index contributed by atoms with van der Waals surface area (Å²) in [6.45, 7) is 2.01. The van der Waals surface area contributed by atoms with Crippen LogP contribution in [0.2, 0.25) is 0 Å². The molecule has 1 amide bonds. The number of rotatable bonds is 6. The number of methoxy groups -OCH3 is 1. The van der Waals surface area contributed by atoms with Crippen LogP contribution in [0.5, 0.6) is 5.75 Å². The van der Waals surface area contributed by atoms with E-state index in [9.17, 15) is 4.79 Å². The number of para-hydroxylation sites is 1. The average molecular weight is 275 g/mol. The maximum absolute atomic E-state index is 12.0. The first-order chi connectivity index (χ1) is 9.70. The number of hydrogen-bond donors (Lipinski definition) is 1. The summed E-state index contributed by atoms with van der Waals surface area (Å²) >= 11 is 0. The molecule has 0 radical (unpaired) electrons. The van der Waals surface area contributed by atoms with Crippen molar-refractivity contribution in [1.29, 1.82) is 0 Å². The van der Waals surface area contributed by atoms with Crippen molar-refractivity contribution in [1.82, 2.24) is 5.32 Å². The van der Waals surface area contributed by atoms with Crippen molar-refractivity contribution in [2.45, 2.75) is 51.5 Å². The van der Waals surface area contributed by atoms with Crippen molar-refractivity contribution in [3.63, 3.8) is 0 Å². The van der Waals surface area contributed by atoms with E-state index < -0.39 is 0 Å². The maximum Gasteiger partial charge on any atom is 0.220 e. The summed E-state index contributed by atoms with van der Waals surface area (Å²) in [7, 11) is 1.66. The summed E-state index contributed by atoms with van der Waals surface area (Å²) in [4.78, 5) is 12.0. The maximum atomic E-state index is 12.0. The monoisotopic (exact) mass is 275 g/mol. The van der Waals surface area contributed by atoms with Crippen LogP contribution in [-0.2, 0) is 4.79 Å². The van der Waals surface area contributed by atoms with E-state index in [-0.39, 0.29) is 11.9 Å². The molecule has 1 unspecified atom stereocenters. The van der Waals surface area contributed by atoms with Gasteiger partial charge in [-0.2, -0.15) is 0 Å². The smallest absolute Gasteiger partial charge is 0.220 e. The standard InChI is InChI=1S/C17H25NO2/c1-13(15-9-5-6-10-16(15)20-2)18-17(19)12-11-14-7-3-4-8-14/h5-6,9-10,13-14H,3-4,7-8,11-12H2,1-2H3,(H,18,19). The summed E-state index contributed by atoms with van der Waals surface area (Å²) in [5, 5.41) is 3.08. The summed E-state index contributed by atoms with van der Waals surface area (Å²) in [5.41, 5.74) is 1.03. The number of ether oxygens (including phenoxy) is 1. The normalized spacial score (nSPS) is 16.9. The summed E-state index contributed by atoms with van der Waals surface area (Å²) in [6.07, 6.45) is 6.95. The van der Waals surface area contributed by atoms with E-state index in [0.29, 0.717) is 6.42 Å². The van der Waals surface area contributed by atoms with Crippen molar-refractivity contribution in [3.05, 3.63) is 29.8 Å². The third kappa shape index (κ3) is 3.99. The molecule has 110 valence electrons. The zero-order valence-electron chi connectivity index (χ0n) is 12.5. The van der Waals surface area contributed by atoms with Gasteiger partial charge < -0.3 is 10.1 Å². The largest absolute Gasteiger partial charge is 0.496 e. The van der Waals surface area contributed by atoms with Crippen LogP contribution in [0.4, 0.5) is 0 Å². The second-order valence-electron chi connectivity index (χ2n) is 5.72. The first kappa shape index (κ1) is 14.9. The van der Waals surface area contributed by atoms with Gasteiger partial charge in [-0.3, -0.25) is 4.79 Å². The minimum absolute atomic E-state index is 0.0118. The molecule has 0 spiro atoms. The van der Waals surface area contributed by atoms with Gasteiger partial charge in [0.15, 0.2) is 0 Å². The summed E-state index contributed by atoms with van der Waals surface area (Å²) in [5.74, 6) is 1.74. The molecule has 0 heterocycles. The van der Waals surface area contributed by atoms with Gasteiger partial charge in [0.25, 0.3) is 0 Å². The number of hydrogen-bond acceptors (Lipinski definition) is 2. The number of nitrogens with one attached hydrogen (secondary N) is 1. The van der Waals surface area contributed by atoms with Crippen LogP contribution in [-0.4, -0.2) is 13.0 Å². The van der Waals surface area contributed by atoms with E-state index in [2.05, 4.69) is 5.32 Å². The molecule has 0 bridgehead atoms. The molecule has 0 aromatic heterocycles. The van der Waals surface area contributed by atoms with Crippen molar-refractivity contribution in [3.8, 4) is 5.75 Å². The number of carbonyl (C=O) groups excluding carboxylic acids is 1. The molecule has 0 saturated heterocycles. The highest BCUT2D eigenvalue weighted by molar-refractivity contribution is 5.76. The van der Waals surface area contributed by atoms with Gasteiger partial charge in [0.05, 0.1) is 13.2 Å². The molecule has 1 saturated carbocycles. The lowest BCUT2D eigenvalue weighted by atomic mass is 10.0. The Hall–Kier alpha value is -1.51. The van der Waals surface area contributed by atoms with Crippen LogP contribution >= 0.6 is 0 Å². The molecule has 3 heteroatoms. The quantitative estimate of drug-likeness (QED) is 0.856. The zero-order chi connectivity index (χ0) is 14.4. The summed E-state index contributed by atoms with van der Waals surface area (Å²) in [6, 6.07) is 7.83. The molecule has 1 aliphatic rings. The SMILES string of the molecule is COc1ccccc1C(C)NC(=O)CCC1CCCC1. The van der Waals surface area contributed by atoms with Crippen molar-refractivity contribution in [2.24, 2.45) is 5.92 Å². The first-order valence-electron chi connectivity index (χ1n) is 7.63. The van der Waals surface area contributed by atoms with E-state index in [1.54, 1.807) is 7.11 Å². The third-order valence-electron chi connectivity index (χ3n) is 4.24. The highest BCUT2D eigenvalue weighted by atomic mass is 16.5. The molecule has 1 aliphatic carbocycles. The lowest BCUT2D eigenvalue weighted by molar-refractivity contribution is -0.122. The Kier molecular flexibility index (Phi) is 5.45. The van der Waals surface area contributed by atoms with Gasteiger partial charge in [-0.25, -0.2) is 0 Å². The molecule has 1 aromatic rings. The molecule has 1 fully saturated rings. The van der Waals surface area contributed by atoms with E-state index >= 15 is 0 Å². The second kappa shape index (κ2) is 7.32. The van der Waals surface area contributed by atoms with Gasteiger partial charge in [0.2, 0.25) is 5.91 Å². The minimum atomic E-state index is -0.0118. The fourth-order valence-corrected chi connectivity index (χ4v) is 3.05. The van der Waals surface area contributed by atoms with Crippen molar-refractivity contribution >= 4 is 5.91 Å². The second-order valence-corrected chi connectivity index (χ2v) is 5.72. The number of carbonyl (C=O) groups is 1. The molecule has 0 aliphatic heterocycles. The van der Waals surface area contributed by atoms with Crippen LogP contribution in [0.3, 0.4) is 0 Å². The van der Waals surface area contributed by atoms with Gasteiger partial charge in [-0.1, -0.05) is 43.9 Å². The van der Waals surface area contributed by atoms with Gasteiger partial charge in [0.1, 0.15) is 5.75 Å². The highest BCUT2D eigenvalue weighted by Gasteiger charge is 2.18. The van der Waals surface area contributed by atoms with Crippen LogP contribution in [0.1, 0.15) is 57.1 Å². The molecule has 1 aromatic carbocycles. The highest BCUT2D eigenvalue weighted by Crippen LogP contribution is 2.29. The van der Waals surface area contributed by atoms with Crippen LogP contribution in [0, 0.1) is 5.92 Å². The Bertz CT molecular complexity index is 438. The molecule has 3 nitrogen and oxygen atoms in total. The van der Waals surface area contributed by atoms with Crippen LogP contribution in [0.15, 0.2) is 24.3 Å². The topological polar surface area (TPSA) is 38.3 Å².